The van der Waals surface area contributed by atoms with Crippen LogP contribution in [-0.2, 0) is 4.79 Å². The molecular formula is C23H27FN4O2. The number of carbonyl (C=O) groups is 2. The van der Waals surface area contributed by atoms with Gasteiger partial charge in [0.25, 0.3) is 5.91 Å². The van der Waals surface area contributed by atoms with E-state index in [1.807, 2.05) is 4.90 Å². The van der Waals surface area contributed by atoms with Crippen LogP contribution in [0.3, 0.4) is 0 Å². The van der Waals surface area contributed by atoms with Gasteiger partial charge < -0.3 is 15.1 Å². The third-order valence-corrected chi connectivity index (χ3v) is 6.34. The Morgan fingerprint density at radius 3 is 2.67 bits per heavy atom. The van der Waals surface area contributed by atoms with Gasteiger partial charge in [0.2, 0.25) is 5.91 Å². The highest BCUT2D eigenvalue weighted by atomic mass is 19.1. The number of likely N-dealkylation sites (tertiary alicyclic amines) is 2. The van der Waals surface area contributed by atoms with Gasteiger partial charge in [-0.15, -0.1) is 0 Å². The maximum absolute atomic E-state index is 13.4. The SMILES string of the molecule is CN1C[C@@H](C(=O)Nc2cccc(F)c2)C[C@@H]1C1CCN(C(=O)c2cccnc2)CC1. The number of aromatic nitrogens is 1. The predicted molar refractivity (Wildman–Crippen MR) is 112 cm³/mol. The molecule has 2 saturated heterocycles. The second-order valence-corrected chi connectivity index (χ2v) is 8.31. The summed E-state index contributed by atoms with van der Waals surface area (Å²) in [6.45, 7) is 2.15. The first kappa shape index (κ1) is 20.5. The van der Waals surface area contributed by atoms with Crippen LogP contribution >= 0.6 is 0 Å². The quantitative estimate of drug-likeness (QED) is 0.842. The van der Waals surface area contributed by atoms with Gasteiger partial charge in [0, 0.05) is 43.8 Å². The van der Waals surface area contributed by atoms with Crippen molar-refractivity contribution in [2.75, 3.05) is 32.0 Å². The highest BCUT2D eigenvalue weighted by Gasteiger charge is 2.39. The van der Waals surface area contributed by atoms with Crippen molar-refractivity contribution in [2.24, 2.45) is 11.8 Å². The summed E-state index contributed by atoms with van der Waals surface area (Å²) in [4.78, 5) is 33.5. The van der Waals surface area contributed by atoms with Gasteiger partial charge in [-0.05, 0) is 62.6 Å². The number of rotatable bonds is 4. The van der Waals surface area contributed by atoms with Crippen molar-refractivity contribution in [2.45, 2.75) is 25.3 Å². The van der Waals surface area contributed by atoms with Crippen molar-refractivity contribution in [1.29, 1.82) is 0 Å². The second kappa shape index (κ2) is 8.92. The molecule has 0 radical (unpaired) electrons. The molecule has 0 aliphatic carbocycles. The molecule has 30 heavy (non-hydrogen) atoms. The lowest BCUT2D eigenvalue weighted by atomic mass is 9.86. The molecule has 4 rings (SSSR count). The molecule has 7 heteroatoms. The first-order chi connectivity index (χ1) is 14.5. The number of nitrogens with one attached hydrogen (secondary N) is 1. The van der Waals surface area contributed by atoms with E-state index in [-0.39, 0.29) is 23.5 Å². The Labute approximate surface area is 176 Å². The Hall–Kier alpha value is -2.80. The first-order valence-electron chi connectivity index (χ1n) is 10.5. The number of piperidine rings is 1. The van der Waals surface area contributed by atoms with Crippen LogP contribution in [-0.4, -0.2) is 59.3 Å². The first-order valence-corrected chi connectivity index (χ1v) is 10.5. The molecule has 0 saturated carbocycles. The van der Waals surface area contributed by atoms with Crippen LogP contribution in [0.25, 0.3) is 0 Å². The molecule has 158 valence electrons. The monoisotopic (exact) mass is 410 g/mol. The summed E-state index contributed by atoms with van der Waals surface area (Å²) in [5.41, 5.74) is 1.12. The molecule has 6 nitrogen and oxygen atoms in total. The third-order valence-electron chi connectivity index (χ3n) is 6.34. The molecule has 0 spiro atoms. The van der Waals surface area contributed by atoms with Gasteiger partial charge in [0.05, 0.1) is 11.5 Å². The molecule has 2 aliphatic heterocycles. The van der Waals surface area contributed by atoms with E-state index in [1.54, 1.807) is 36.7 Å². The van der Waals surface area contributed by atoms with Gasteiger partial charge in [0.15, 0.2) is 0 Å². The van der Waals surface area contributed by atoms with Crippen LogP contribution < -0.4 is 5.32 Å². The fourth-order valence-corrected chi connectivity index (χ4v) is 4.74. The van der Waals surface area contributed by atoms with E-state index in [9.17, 15) is 14.0 Å². The average molecular weight is 410 g/mol. The smallest absolute Gasteiger partial charge is 0.255 e. The Bertz CT molecular complexity index is 899. The number of hydrogen-bond acceptors (Lipinski definition) is 4. The molecule has 0 unspecified atom stereocenters. The van der Waals surface area contributed by atoms with Crippen molar-refractivity contribution >= 4 is 17.5 Å². The van der Waals surface area contributed by atoms with Crippen LogP contribution in [0.15, 0.2) is 48.8 Å². The molecule has 2 fully saturated rings. The lowest BCUT2D eigenvalue weighted by Gasteiger charge is -2.37. The highest BCUT2D eigenvalue weighted by molar-refractivity contribution is 5.94. The Balaban J connectivity index is 1.31. The number of anilines is 1. The van der Waals surface area contributed by atoms with E-state index < -0.39 is 0 Å². The molecule has 0 bridgehead atoms. The van der Waals surface area contributed by atoms with E-state index in [4.69, 9.17) is 0 Å². The number of carbonyl (C=O) groups excluding carboxylic acids is 2. The largest absolute Gasteiger partial charge is 0.339 e. The standard InChI is InChI=1S/C23H27FN4O2/c1-27-15-18(22(29)26-20-6-2-5-19(24)13-20)12-21(27)16-7-10-28(11-8-16)23(30)17-4-3-9-25-14-17/h2-6,9,13-14,16,18,21H,7-8,10-12,15H2,1H3,(H,26,29)/t18-,21+/m0/s1. The van der Waals surface area contributed by atoms with E-state index in [0.29, 0.717) is 29.8 Å². The second-order valence-electron chi connectivity index (χ2n) is 8.31. The number of pyridine rings is 1. The van der Waals surface area contributed by atoms with E-state index in [2.05, 4.69) is 22.2 Å². The molecule has 1 N–H and O–H groups in total. The fraction of sp³-hybridized carbons (Fsp3) is 0.435. The summed E-state index contributed by atoms with van der Waals surface area (Å²) in [7, 11) is 2.06. The summed E-state index contributed by atoms with van der Waals surface area (Å²) >= 11 is 0. The number of amides is 2. The van der Waals surface area contributed by atoms with E-state index >= 15 is 0 Å². The van der Waals surface area contributed by atoms with Crippen LogP contribution in [0, 0.1) is 17.7 Å². The molecule has 2 atom stereocenters. The maximum Gasteiger partial charge on any atom is 0.255 e. The van der Waals surface area contributed by atoms with Gasteiger partial charge in [-0.1, -0.05) is 6.07 Å². The molecule has 2 aromatic rings. The minimum Gasteiger partial charge on any atom is -0.339 e. The highest BCUT2D eigenvalue weighted by Crippen LogP contribution is 2.33. The Morgan fingerprint density at radius 2 is 1.97 bits per heavy atom. The molecule has 1 aromatic carbocycles. The van der Waals surface area contributed by atoms with Crippen molar-refractivity contribution in [1.82, 2.24) is 14.8 Å². The molecule has 2 amide bonds. The van der Waals surface area contributed by atoms with Crippen LogP contribution in [0.2, 0.25) is 0 Å². The molecule has 1 aromatic heterocycles. The summed E-state index contributed by atoms with van der Waals surface area (Å²) in [6.07, 6.45) is 5.93. The molecular weight excluding hydrogens is 383 g/mol. The maximum atomic E-state index is 13.4. The lowest BCUT2D eigenvalue weighted by molar-refractivity contribution is -0.119. The summed E-state index contributed by atoms with van der Waals surface area (Å²) < 4.78 is 13.4. The topological polar surface area (TPSA) is 65.5 Å². The number of benzene rings is 1. The Morgan fingerprint density at radius 1 is 1.17 bits per heavy atom. The zero-order valence-electron chi connectivity index (χ0n) is 17.1. The summed E-state index contributed by atoms with van der Waals surface area (Å²) in [5, 5.41) is 2.84. The normalized spacial score (nSPS) is 22.8. The van der Waals surface area contributed by atoms with Gasteiger partial charge in [0.1, 0.15) is 5.82 Å². The van der Waals surface area contributed by atoms with E-state index in [1.165, 1.54) is 12.1 Å². The van der Waals surface area contributed by atoms with Crippen LogP contribution in [0.1, 0.15) is 29.6 Å². The average Bonchev–Trinajstić information content (AvgIpc) is 3.16. The van der Waals surface area contributed by atoms with Crippen LogP contribution in [0.5, 0.6) is 0 Å². The summed E-state index contributed by atoms with van der Waals surface area (Å²) in [6, 6.07) is 9.89. The number of nitrogens with zero attached hydrogens (tertiary/aromatic N) is 3. The third kappa shape index (κ3) is 4.51. The molecule has 2 aliphatic rings. The van der Waals surface area contributed by atoms with Crippen molar-refractivity contribution in [3.05, 3.63) is 60.2 Å². The van der Waals surface area contributed by atoms with E-state index in [0.717, 1.165) is 32.4 Å². The van der Waals surface area contributed by atoms with Gasteiger partial charge in [-0.3, -0.25) is 14.6 Å². The Kier molecular flexibility index (Phi) is 6.08. The van der Waals surface area contributed by atoms with Crippen molar-refractivity contribution < 1.29 is 14.0 Å². The minimum absolute atomic E-state index is 0.0358. The predicted octanol–water partition coefficient (Wildman–Crippen LogP) is 3.03. The van der Waals surface area contributed by atoms with Gasteiger partial charge >= 0.3 is 0 Å². The lowest BCUT2D eigenvalue weighted by Crippen LogP contribution is -2.43. The van der Waals surface area contributed by atoms with Crippen molar-refractivity contribution in [3.8, 4) is 0 Å². The number of hydrogen-bond donors (Lipinski definition) is 1. The molecule has 3 heterocycles. The van der Waals surface area contributed by atoms with Gasteiger partial charge in [-0.25, -0.2) is 4.39 Å². The fourth-order valence-electron chi connectivity index (χ4n) is 4.74. The van der Waals surface area contributed by atoms with Crippen molar-refractivity contribution in [3.63, 3.8) is 0 Å². The van der Waals surface area contributed by atoms with Gasteiger partial charge in [-0.2, -0.15) is 0 Å². The van der Waals surface area contributed by atoms with Crippen LogP contribution in [0.4, 0.5) is 10.1 Å². The minimum atomic E-state index is -0.359. The number of halogens is 1. The zero-order valence-corrected chi connectivity index (χ0v) is 17.1. The summed E-state index contributed by atoms with van der Waals surface area (Å²) in [5.74, 6) is -0.0344. The zero-order chi connectivity index (χ0) is 21.1.